The quantitative estimate of drug-likeness (QED) is 0.810. The van der Waals surface area contributed by atoms with Crippen LogP contribution in [-0.2, 0) is 11.0 Å². The molecule has 1 amide bonds. The number of aromatic nitrogens is 1. The van der Waals surface area contributed by atoms with Gasteiger partial charge >= 0.3 is 6.18 Å². The molecule has 1 aliphatic heterocycles. The molecule has 1 fully saturated rings. The van der Waals surface area contributed by atoms with Gasteiger partial charge in [0.1, 0.15) is 5.69 Å². The van der Waals surface area contributed by atoms with Crippen LogP contribution in [0.2, 0.25) is 0 Å². The fourth-order valence-electron chi connectivity index (χ4n) is 1.65. The van der Waals surface area contributed by atoms with E-state index in [1.165, 1.54) is 11.0 Å². The van der Waals surface area contributed by atoms with E-state index < -0.39 is 18.0 Å². The number of rotatable bonds is 1. The van der Waals surface area contributed by atoms with Crippen LogP contribution in [0.25, 0.3) is 0 Å². The molecule has 0 radical (unpaired) electrons. The van der Waals surface area contributed by atoms with Gasteiger partial charge in [0.15, 0.2) is 0 Å². The average molecular weight is 246 g/mol. The van der Waals surface area contributed by atoms with Gasteiger partial charge in [-0.15, -0.1) is 0 Å². The minimum absolute atomic E-state index is 0.0129. The van der Waals surface area contributed by atoms with E-state index in [2.05, 4.69) is 4.98 Å². The summed E-state index contributed by atoms with van der Waals surface area (Å²) in [5.41, 5.74) is -0.743. The SMILES string of the molecule is O=C1CC(O)CN1c1ccc(C(F)(F)F)nc1. The number of carbonyl (C=O) groups is 1. The Balaban J connectivity index is 2.22. The first-order valence-corrected chi connectivity index (χ1v) is 4.89. The monoisotopic (exact) mass is 246 g/mol. The summed E-state index contributed by atoms with van der Waals surface area (Å²) >= 11 is 0. The van der Waals surface area contributed by atoms with Crippen molar-refractivity contribution in [3.05, 3.63) is 24.0 Å². The zero-order valence-corrected chi connectivity index (χ0v) is 8.61. The third-order valence-electron chi connectivity index (χ3n) is 2.45. The summed E-state index contributed by atoms with van der Waals surface area (Å²) in [6.07, 6.45) is -4.29. The standard InChI is InChI=1S/C10H9F3N2O2/c11-10(12,13)8-2-1-6(4-14-8)15-5-7(16)3-9(15)17/h1-2,4,7,16H,3,5H2. The fraction of sp³-hybridized carbons (Fsp3) is 0.400. The zero-order chi connectivity index (χ0) is 12.6. The number of hydrogen-bond acceptors (Lipinski definition) is 3. The maximum absolute atomic E-state index is 12.3. The summed E-state index contributed by atoms with van der Waals surface area (Å²) in [4.78, 5) is 15.9. The second kappa shape index (κ2) is 3.99. The van der Waals surface area contributed by atoms with E-state index in [4.69, 9.17) is 0 Å². The van der Waals surface area contributed by atoms with E-state index in [1.807, 2.05) is 0 Å². The molecule has 0 saturated carbocycles. The smallest absolute Gasteiger partial charge is 0.391 e. The minimum Gasteiger partial charge on any atom is -0.391 e. The van der Waals surface area contributed by atoms with Crippen LogP contribution in [0, 0.1) is 0 Å². The van der Waals surface area contributed by atoms with Crippen molar-refractivity contribution in [2.24, 2.45) is 0 Å². The number of anilines is 1. The van der Waals surface area contributed by atoms with Gasteiger partial charge in [-0.3, -0.25) is 4.79 Å². The van der Waals surface area contributed by atoms with Crippen molar-refractivity contribution in [2.75, 3.05) is 11.4 Å². The molecule has 2 heterocycles. The first-order valence-electron chi connectivity index (χ1n) is 4.89. The van der Waals surface area contributed by atoms with Crippen molar-refractivity contribution in [1.29, 1.82) is 0 Å². The zero-order valence-electron chi connectivity index (χ0n) is 8.61. The Morgan fingerprint density at radius 2 is 2.12 bits per heavy atom. The molecule has 1 aliphatic rings. The topological polar surface area (TPSA) is 53.4 Å². The number of alkyl halides is 3. The first kappa shape index (κ1) is 11.8. The van der Waals surface area contributed by atoms with Gasteiger partial charge in [0.05, 0.1) is 31.0 Å². The van der Waals surface area contributed by atoms with Gasteiger partial charge in [-0.05, 0) is 12.1 Å². The molecule has 0 spiro atoms. The Kier molecular flexibility index (Phi) is 2.78. The molecular weight excluding hydrogens is 237 g/mol. The summed E-state index contributed by atoms with van der Waals surface area (Å²) in [7, 11) is 0. The summed E-state index contributed by atoms with van der Waals surface area (Å²) in [5, 5.41) is 9.25. The van der Waals surface area contributed by atoms with Gasteiger partial charge in [-0.1, -0.05) is 0 Å². The van der Waals surface area contributed by atoms with Crippen LogP contribution in [-0.4, -0.2) is 28.6 Å². The highest BCUT2D eigenvalue weighted by Crippen LogP contribution is 2.29. The van der Waals surface area contributed by atoms with E-state index >= 15 is 0 Å². The molecule has 1 aromatic rings. The normalized spacial score (nSPS) is 21.1. The van der Waals surface area contributed by atoms with Crippen molar-refractivity contribution >= 4 is 11.6 Å². The Morgan fingerprint density at radius 1 is 1.41 bits per heavy atom. The molecule has 1 unspecified atom stereocenters. The van der Waals surface area contributed by atoms with E-state index in [9.17, 15) is 23.1 Å². The molecule has 1 N–H and O–H groups in total. The van der Waals surface area contributed by atoms with Crippen LogP contribution in [0.15, 0.2) is 18.3 Å². The van der Waals surface area contributed by atoms with Gasteiger partial charge in [-0.2, -0.15) is 13.2 Å². The third-order valence-corrected chi connectivity index (χ3v) is 2.45. The van der Waals surface area contributed by atoms with Crippen LogP contribution in [0.1, 0.15) is 12.1 Å². The maximum atomic E-state index is 12.3. The summed E-state index contributed by atoms with van der Waals surface area (Å²) in [6, 6.07) is 1.99. The van der Waals surface area contributed by atoms with Crippen LogP contribution >= 0.6 is 0 Å². The number of halogens is 3. The maximum Gasteiger partial charge on any atom is 0.433 e. The molecule has 92 valence electrons. The molecular formula is C10H9F3N2O2. The third kappa shape index (κ3) is 2.38. The molecule has 17 heavy (non-hydrogen) atoms. The van der Waals surface area contributed by atoms with E-state index in [0.717, 1.165) is 12.3 Å². The predicted octanol–water partition coefficient (Wildman–Crippen LogP) is 1.20. The Hall–Kier alpha value is -1.63. The first-order chi connectivity index (χ1) is 7.88. The highest BCUT2D eigenvalue weighted by molar-refractivity contribution is 5.95. The average Bonchev–Trinajstić information content (AvgIpc) is 2.57. The Bertz CT molecular complexity index is 430. The van der Waals surface area contributed by atoms with Crippen molar-refractivity contribution < 1.29 is 23.1 Å². The molecule has 0 aromatic carbocycles. The molecule has 1 saturated heterocycles. The van der Waals surface area contributed by atoms with Crippen LogP contribution < -0.4 is 4.90 Å². The molecule has 4 nitrogen and oxygen atoms in total. The Morgan fingerprint density at radius 3 is 2.53 bits per heavy atom. The fourth-order valence-corrected chi connectivity index (χ4v) is 1.65. The summed E-state index contributed by atoms with van der Waals surface area (Å²) in [5.74, 6) is -0.320. The van der Waals surface area contributed by atoms with Gasteiger partial charge < -0.3 is 10.0 Å². The molecule has 2 rings (SSSR count). The van der Waals surface area contributed by atoms with Gasteiger partial charge in [0, 0.05) is 0 Å². The van der Waals surface area contributed by atoms with Gasteiger partial charge in [-0.25, -0.2) is 4.98 Å². The molecule has 0 bridgehead atoms. The number of amides is 1. The van der Waals surface area contributed by atoms with Crippen LogP contribution in [0.4, 0.5) is 18.9 Å². The highest BCUT2D eigenvalue weighted by atomic mass is 19.4. The van der Waals surface area contributed by atoms with Crippen molar-refractivity contribution in [3.63, 3.8) is 0 Å². The lowest BCUT2D eigenvalue weighted by molar-refractivity contribution is -0.141. The molecule has 7 heteroatoms. The minimum atomic E-state index is -4.49. The van der Waals surface area contributed by atoms with Gasteiger partial charge in [0.25, 0.3) is 0 Å². The number of aliphatic hydroxyl groups excluding tert-OH is 1. The number of hydrogen-bond donors (Lipinski definition) is 1. The number of pyridine rings is 1. The Labute approximate surface area is 94.7 Å². The van der Waals surface area contributed by atoms with Crippen molar-refractivity contribution in [2.45, 2.75) is 18.7 Å². The van der Waals surface area contributed by atoms with Crippen molar-refractivity contribution in [3.8, 4) is 0 Å². The van der Waals surface area contributed by atoms with Gasteiger partial charge in [0.2, 0.25) is 5.91 Å². The lowest BCUT2D eigenvalue weighted by Crippen LogP contribution is -2.25. The number of nitrogens with zero attached hydrogens (tertiary/aromatic N) is 2. The lowest BCUT2D eigenvalue weighted by atomic mass is 10.3. The number of β-amino-alcohol motifs (C(OH)–C–C–N with tert-alkyl or cyclic N) is 1. The van der Waals surface area contributed by atoms with E-state index in [0.29, 0.717) is 0 Å². The van der Waals surface area contributed by atoms with Crippen LogP contribution in [0.3, 0.4) is 0 Å². The molecule has 1 aromatic heterocycles. The second-order valence-corrected chi connectivity index (χ2v) is 3.76. The lowest BCUT2D eigenvalue weighted by Gasteiger charge is -2.15. The number of aliphatic hydroxyl groups is 1. The molecule has 1 atom stereocenters. The summed E-state index contributed by atoms with van der Waals surface area (Å²) < 4.78 is 36.8. The van der Waals surface area contributed by atoms with E-state index in [1.54, 1.807) is 0 Å². The highest BCUT2D eigenvalue weighted by Gasteiger charge is 2.33. The molecule has 0 aliphatic carbocycles. The van der Waals surface area contributed by atoms with E-state index in [-0.39, 0.29) is 24.6 Å². The largest absolute Gasteiger partial charge is 0.433 e. The van der Waals surface area contributed by atoms with Crippen molar-refractivity contribution in [1.82, 2.24) is 4.98 Å². The predicted molar refractivity (Wildman–Crippen MR) is 52.2 cm³/mol. The second-order valence-electron chi connectivity index (χ2n) is 3.76. The summed E-state index contributed by atoms with van der Waals surface area (Å²) in [6.45, 7) is 0.0892. The number of carbonyl (C=O) groups excluding carboxylic acids is 1. The van der Waals surface area contributed by atoms with Crippen LogP contribution in [0.5, 0.6) is 0 Å².